The summed E-state index contributed by atoms with van der Waals surface area (Å²) in [6.07, 6.45) is 8.57. The Kier molecular flexibility index (Phi) is 4.26. The van der Waals surface area contributed by atoms with E-state index in [0.29, 0.717) is 5.69 Å². The van der Waals surface area contributed by atoms with E-state index in [-0.39, 0.29) is 11.9 Å². The molecule has 22 heavy (non-hydrogen) atoms. The molecule has 4 heteroatoms. The molecule has 3 rings (SSSR count). The highest BCUT2D eigenvalue weighted by Crippen LogP contribution is 2.32. The largest absolute Gasteiger partial charge is 0.323 e. The zero-order valence-electron chi connectivity index (χ0n) is 12.6. The standard InChI is InChI=1S/C18H18N2OS/c1-3-15-11-7-8-12-20(15)18(21)16-17(22-13(2)19-16)14-9-5-4-6-10-14/h1,4-6,9-10,15H,7-8,11-12H2,2H3. The topological polar surface area (TPSA) is 33.2 Å². The summed E-state index contributed by atoms with van der Waals surface area (Å²) in [5, 5.41) is 0.900. The summed E-state index contributed by atoms with van der Waals surface area (Å²) in [6.45, 7) is 2.65. The van der Waals surface area contributed by atoms with E-state index in [4.69, 9.17) is 6.42 Å². The van der Waals surface area contributed by atoms with Crippen LogP contribution in [0.15, 0.2) is 30.3 Å². The van der Waals surface area contributed by atoms with Gasteiger partial charge in [0, 0.05) is 6.54 Å². The van der Waals surface area contributed by atoms with Crippen molar-refractivity contribution in [2.75, 3.05) is 6.54 Å². The molecule has 1 saturated heterocycles. The van der Waals surface area contributed by atoms with Gasteiger partial charge in [-0.05, 0) is 31.7 Å². The van der Waals surface area contributed by atoms with Crippen molar-refractivity contribution in [2.24, 2.45) is 0 Å². The van der Waals surface area contributed by atoms with Crippen LogP contribution in [0.5, 0.6) is 0 Å². The summed E-state index contributed by atoms with van der Waals surface area (Å²) >= 11 is 1.56. The molecule has 1 fully saturated rings. The second-order valence-electron chi connectivity index (χ2n) is 5.45. The average Bonchev–Trinajstić information content (AvgIpc) is 2.97. The zero-order chi connectivity index (χ0) is 15.5. The minimum absolute atomic E-state index is 0.0362. The molecule has 2 heterocycles. The molecular weight excluding hydrogens is 292 g/mol. The van der Waals surface area contributed by atoms with E-state index < -0.39 is 0 Å². The van der Waals surface area contributed by atoms with Gasteiger partial charge in [-0.15, -0.1) is 17.8 Å². The van der Waals surface area contributed by atoms with Crippen molar-refractivity contribution >= 4 is 17.2 Å². The maximum absolute atomic E-state index is 13.0. The molecule has 0 radical (unpaired) electrons. The van der Waals surface area contributed by atoms with Crippen LogP contribution < -0.4 is 0 Å². The Balaban J connectivity index is 1.98. The van der Waals surface area contributed by atoms with Crippen LogP contribution in [-0.4, -0.2) is 28.4 Å². The Hall–Kier alpha value is -2.12. The molecular formula is C18H18N2OS. The summed E-state index contributed by atoms with van der Waals surface area (Å²) in [6, 6.07) is 9.84. The van der Waals surface area contributed by atoms with Crippen molar-refractivity contribution in [3.63, 3.8) is 0 Å². The number of amides is 1. The van der Waals surface area contributed by atoms with Crippen molar-refractivity contribution in [3.8, 4) is 22.8 Å². The van der Waals surface area contributed by atoms with Gasteiger partial charge in [-0.3, -0.25) is 4.79 Å². The van der Waals surface area contributed by atoms with E-state index in [9.17, 15) is 4.79 Å². The number of benzene rings is 1. The van der Waals surface area contributed by atoms with Gasteiger partial charge in [0.05, 0.1) is 15.9 Å². The van der Waals surface area contributed by atoms with Crippen LogP contribution >= 0.6 is 11.3 Å². The van der Waals surface area contributed by atoms with Gasteiger partial charge >= 0.3 is 0 Å². The van der Waals surface area contributed by atoms with Crippen molar-refractivity contribution in [2.45, 2.75) is 32.2 Å². The number of thiazole rings is 1. The van der Waals surface area contributed by atoms with E-state index in [1.165, 1.54) is 0 Å². The predicted octanol–water partition coefficient (Wildman–Crippen LogP) is 3.75. The molecule has 1 aliphatic rings. The number of hydrogen-bond donors (Lipinski definition) is 0. The second kappa shape index (κ2) is 6.33. The first kappa shape index (κ1) is 14.8. The van der Waals surface area contributed by atoms with Gasteiger partial charge < -0.3 is 4.90 Å². The fourth-order valence-electron chi connectivity index (χ4n) is 2.84. The molecule has 0 N–H and O–H groups in total. The van der Waals surface area contributed by atoms with Crippen molar-refractivity contribution < 1.29 is 4.79 Å². The smallest absolute Gasteiger partial charge is 0.274 e. The summed E-state index contributed by atoms with van der Waals surface area (Å²) in [7, 11) is 0. The van der Waals surface area contributed by atoms with Gasteiger partial charge in [0.2, 0.25) is 0 Å². The number of rotatable bonds is 2. The Morgan fingerprint density at radius 3 is 2.86 bits per heavy atom. The molecule has 1 amide bonds. The number of terminal acetylenes is 1. The maximum Gasteiger partial charge on any atom is 0.274 e. The third kappa shape index (κ3) is 2.77. The van der Waals surface area contributed by atoms with Crippen molar-refractivity contribution in [1.29, 1.82) is 0 Å². The Morgan fingerprint density at radius 1 is 1.36 bits per heavy atom. The number of hydrogen-bond acceptors (Lipinski definition) is 3. The van der Waals surface area contributed by atoms with Crippen LogP contribution in [0, 0.1) is 19.3 Å². The summed E-state index contributed by atoms with van der Waals surface area (Å²) < 4.78 is 0. The minimum atomic E-state index is -0.105. The van der Waals surface area contributed by atoms with E-state index >= 15 is 0 Å². The number of carbonyl (C=O) groups is 1. The molecule has 2 aromatic rings. The SMILES string of the molecule is C#CC1CCCCN1C(=O)c1nc(C)sc1-c1ccccc1. The number of nitrogens with zero attached hydrogens (tertiary/aromatic N) is 2. The molecule has 1 unspecified atom stereocenters. The number of aromatic nitrogens is 1. The summed E-state index contributed by atoms with van der Waals surface area (Å²) in [5.74, 6) is 2.72. The van der Waals surface area contributed by atoms with Crippen LogP contribution in [0.4, 0.5) is 0 Å². The van der Waals surface area contributed by atoms with Crippen molar-refractivity contribution in [3.05, 3.63) is 41.0 Å². The van der Waals surface area contributed by atoms with E-state index in [1.807, 2.05) is 42.2 Å². The third-order valence-corrected chi connectivity index (χ3v) is 4.95. The van der Waals surface area contributed by atoms with Gasteiger partial charge in [-0.2, -0.15) is 0 Å². The highest BCUT2D eigenvalue weighted by molar-refractivity contribution is 7.15. The lowest BCUT2D eigenvalue weighted by Gasteiger charge is -2.32. The fraction of sp³-hybridized carbons (Fsp3) is 0.333. The molecule has 1 aliphatic heterocycles. The van der Waals surface area contributed by atoms with Crippen LogP contribution in [0.1, 0.15) is 34.8 Å². The van der Waals surface area contributed by atoms with Crippen LogP contribution in [-0.2, 0) is 0 Å². The molecule has 3 nitrogen and oxygen atoms in total. The van der Waals surface area contributed by atoms with Crippen molar-refractivity contribution in [1.82, 2.24) is 9.88 Å². The molecule has 1 atom stereocenters. The molecule has 0 aliphatic carbocycles. The zero-order valence-corrected chi connectivity index (χ0v) is 13.4. The van der Waals surface area contributed by atoms with Gasteiger partial charge in [0.25, 0.3) is 5.91 Å². The number of piperidine rings is 1. The number of carbonyl (C=O) groups excluding carboxylic acids is 1. The van der Waals surface area contributed by atoms with E-state index in [2.05, 4.69) is 10.9 Å². The molecule has 1 aromatic carbocycles. The highest BCUT2D eigenvalue weighted by Gasteiger charge is 2.29. The first-order chi connectivity index (χ1) is 10.7. The first-order valence-electron chi connectivity index (χ1n) is 7.50. The molecule has 1 aromatic heterocycles. The Labute approximate surface area is 135 Å². The minimum Gasteiger partial charge on any atom is -0.323 e. The monoisotopic (exact) mass is 310 g/mol. The van der Waals surface area contributed by atoms with Crippen LogP contribution in [0.2, 0.25) is 0 Å². The van der Waals surface area contributed by atoms with Crippen LogP contribution in [0.3, 0.4) is 0 Å². The van der Waals surface area contributed by atoms with Gasteiger partial charge in [0.15, 0.2) is 0 Å². The molecule has 0 spiro atoms. The lowest BCUT2D eigenvalue weighted by atomic mass is 10.0. The maximum atomic E-state index is 13.0. The Bertz CT molecular complexity index is 714. The Morgan fingerprint density at radius 2 is 2.14 bits per heavy atom. The highest BCUT2D eigenvalue weighted by atomic mass is 32.1. The first-order valence-corrected chi connectivity index (χ1v) is 8.32. The van der Waals surface area contributed by atoms with Crippen LogP contribution in [0.25, 0.3) is 10.4 Å². The lowest BCUT2D eigenvalue weighted by molar-refractivity contribution is 0.0668. The average molecular weight is 310 g/mol. The van der Waals surface area contributed by atoms with E-state index in [0.717, 1.165) is 41.3 Å². The third-order valence-electron chi connectivity index (χ3n) is 3.93. The molecule has 112 valence electrons. The normalized spacial score (nSPS) is 18.0. The second-order valence-corrected chi connectivity index (χ2v) is 6.66. The summed E-state index contributed by atoms with van der Waals surface area (Å²) in [4.78, 5) is 20.2. The molecule has 0 bridgehead atoms. The van der Waals surface area contributed by atoms with Gasteiger partial charge in [-0.25, -0.2) is 4.98 Å². The lowest BCUT2D eigenvalue weighted by Crippen LogP contribution is -2.43. The van der Waals surface area contributed by atoms with Gasteiger partial charge in [-0.1, -0.05) is 36.3 Å². The van der Waals surface area contributed by atoms with Gasteiger partial charge in [0.1, 0.15) is 5.69 Å². The molecule has 0 saturated carbocycles. The quantitative estimate of drug-likeness (QED) is 0.792. The summed E-state index contributed by atoms with van der Waals surface area (Å²) in [5.41, 5.74) is 1.57. The fourth-order valence-corrected chi connectivity index (χ4v) is 3.76. The number of aryl methyl sites for hydroxylation is 1. The number of likely N-dealkylation sites (tertiary alicyclic amines) is 1. The predicted molar refractivity (Wildman–Crippen MR) is 89.8 cm³/mol. The van der Waals surface area contributed by atoms with E-state index in [1.54, 1.807) is 11.3 Å².